The van der Waals surface area contributed by atoms with Crippen LogP contribution in [0, 0.1) is 0 Å². The number of carbonyl (C=O) groups is 2. The first-order valence-corrected chi connectivity index (χ1v) is 10.8. The van der Waals surface area contributed by atoms with Gasteiger partial charge in [0.05, 0.1) is 13.2 Å². The number of amides is 2. The second-order valence-electron chi connectivity index (χ2n) is 8.41. The van der Waals surface area contributed by atoms with E-state index in [1.807, 2.05) is 0 Å². The van der Waals surface area contributed by atoms with Crippen LogP contribution in [0.3, 0.4) is 0 Å². The van der Waals surface area contributed by atoms with Gasteiger partial charge in [-0.1, -0.05) is 0 Å². The van der Waals surface area contributed by atoms with Gasteiger partial charge in [-0.2, -0.15) is 13.2 Å². The summed E-state index contributed by atoms with van der Waals surface area (Å²) in [6, 6.07) is 4.21. The summed E-state index contributed by atoms with van der Waals surface area (Å²) < 4.78 is 64.1. The van der Waals surface area contributed by atoms with Gasteiger partial charge in [0.15, 0.2) is 17.1 Å². The maximum atomic E-state index is 13.6. The Morgan fingerprint density at radius 3 is 2.33 bits per heavy atom. The molecule has 0 aliphatic carbocycles. The van der Waals surface area contributed by atoms with E-state index in [0.717, 1.165) is 19.9 Å². The molecule has 1 aromatic carbocycles. The van der Waals surface area contributed by atoms with Crippen LogP contribution in [0.4, 0.5) is 17.6 Å². The number of alkyl halides is 4. The number of benzene rings is 1. The molecule has 0 bridgehead atoms. The number of nitrogens with two attached hydrogens (primary N) is 1. The maximum Gasteiger partial charge on any atom is 0.433 e. The van der Waals surface area contributed by atoms with Crippen molar-refractivity contribution in [3.05, 3.63) is 41.4 Å². The van der Waals surface area contributed by atoms with Crippen molar-refractivity contribution in [2.45, 2.75) is 38.7 Å². The molecule has 0 unspecified atom stereocenters. The summed E-state index contributed by atoms with van der Waals surface area (Å²) in [5.74, 6) is -1.41. The second-order valence-corrected chi connectivity index (χ2v) is 8.41. The average Bonchev–Trinajstić information content (AvgIpc) is 3.25. The van der Waals surface area contributed by atoms with Crippen molar-refractivity contribution in [2.24, 2.45) is 5.73 Å². The van der Waals surface area contributed by atoms with E-state index in [4.69, 9.17) is 14.9 Å². The summed E-state index contributed by atoms with van der Waals surface area (Å²) >= 11 is 0. The quantitative estimate of drug-likeness (QED) is 0.311. The number of carbonyl (C=O) groups excluding carboxylic acids is 2. The zero-order chi connectivity index (χ0) is 26.8. The molecule has 1 atom stereocenters. The lowest BCUT2D eigenvalue weighted by Gasteiger charge is -2.14. The molecule has 0 spiro atoms. The number of rotatable bonds is 8. The number of nitrogens with one attached hydrogen (secondary N) is 2. The lowest BCUT2D eigenvalue weighted by Crippen LogP contribution is -2.42. The first-order valence-electron chi connectivity index (χ1n) is 10.8. The molecule has 36 heavy (non-hydrogen) atoms. The Balaban J connectivity index is 1.93. The SMILES string of the molecule is COc1ccc(-c2nc(C(=O)NCCNC(=O)C(C)(C)F)c([C@H](C)N)o2)c2ccc(C(F)(F)F)nc12. The molecule has 0 saturated heterocycles. The lowest BCUT2D eigenvalue weighted by molar-refractivity contribution is -0.141. The standard InChI is InChI=1S/C23H25F4N5O4/c1-11(28)18-17(19(33)29-9-10-30-21(34)22(2,3)24)32-20(36-18)13-5-7-14(35-4)16-12(13)6-8-15(31-16)23(25,26)27/h5-8,11H,9-10,28H2,1-4H3,(H,29,33)(H,30,34)/t11-/m0/s1. The molecular weight excluding hydrogens is 486 g/mol. The maximum absolute atomic E-state index is 13.6. The molecule has 3 aromatic rings. The highest BCUT2D eigenvalue weighted by atomic mass is 19.4. The van der Waals surface area contributed by atoms with Gasteiger partial charge in [-0.25, -0.2) is 14.4 Å². The van der Waals surface area contributed by atoms with Crippen LogP contribution in [-0.4, -0.2) is 47.7 Å². The molecule has 0 saturated carbocycles. The highest BCUT2D eigenvalue weighted by Gasteiger charge is 2.33. The van der Waals surface area contributed by atoms with Gasteiger partial charge in [-0.15, -0.1) is 0 Å². The zero-order valence-corrected chi connectivity index (χ0v) is 19.9. The molecule has 2 aromatic heterocycles. The minimum absolute atomic E-state index is 0.0309. The lowest BCUT2D eigenvalue weighted by atomic mass is 10.1. The highest BCUT2D eigenvalue weighted by molar-refractivity contribution is 5.98. The molecule has 0 aliphatic rings. The Labute approximate surface area is 203 Å². The van der Waals surface area contributed by atoms with Crippen molar-refractivity contribution in [2.75, 3.05) is 20.2 Å². The number of nitrogens with zero attached hydrogens (tertiary/aromatic N) is 2. The molecular formula is C23H25F4N5O4. The number of ether oxygens (including phenoxy) is 1. The number of hydrogen-bond donors (Lipinski definition) is 3. The van der Waals surface area contributed by atoms with Gasteiger partial charge in [-0.05, 0) is 45.0 Å². The Morgan fingerprint density at radius 1 is 1.08 bits per heavy atom. The van der Waals surface area contributed by atoms with E-state index in [-0.39, 0.29) is 52.7 Å². The number of pyridine rings is 1. The normalized spacial score (nSPS) is 12.9. The third-order valence-electron chi connectivity index (χ3n) is 5.08. The number of halogens is 4. The molecule has 194 valence electrons. The number of aromatic nitrogens is 2. The Morgan fingerprint density at radius 2 is 1.75 bits per heavy atom. The average molecular weight is 511 g/mol. The van der Waals surface area contributed by atoms with E-state index in [2.05, 4.69) is 20.6 Å². The number of methoxy groups -OCH3 is 1. The van der Waals surface area contributed by atoms with Crippen LogP contribution in [-0.2, 0) is 11.0 Å². The highest BCUT2D eigenvalue weighted by Crippen LogP contribution is 2.37. The number of fused-ring (bicyclic) bond motifs is 1. The summed E-state index contributed by atoms with van der Waals surface area (Å²) in [5.41, 5.74) is 2.84. The topological polar surface area (TPSA) is 132 Å². The van der Waals surface area contributed by atoms with Crippen LogP contribution in [0.5, 0.6) is 5.75 Å². The molecule has 4 N–H and O–H groups in total. The van der Waals surface area contributed by atoms with E-state index in [9.17, 15) is 27.2 Å². The summed E-state index contributed by atoms with van der Waals surface area (Å²) in [4.78, 5) is 32.3. The summed E-state index contributed by atoms with van der Waals surface area (Å²) in [7, 11) is 1.30. The number of oxazole rings is 1. The molecule has 13 heteroatoms. The van der Waals surface area contributed by atoms with Crippen LogP contribution in [0.2, 0.25) is 0 Å². The Hall–Kier alpha value is -3.74. The van der Waals surface area contributed by atoms with Crippen molar-refractivity contribution in [3.8, 4) is 17.2 Å². The minimum atomic E-state index is -4.66. The zero-order valence-electron chi connectivity index (χ0n) is 19.9. The Kier molecular flexibility index (Phi) is 7.53. The molecule has 9 nitrogen and oxygen atoms in total. The summed E-state index contributed by atoms with van der Waals surface area (Å²) in [6.45, 7) is 3.71. The van der Waals surface area contributed by atoms with Gasteiger partial charge >= 0.3 is 6.18 Å². The molecule has 2 heterocycles. The molecule has 0 radical (unpaired) electrons. The van der Waals surface area contributed by atoms with Gasteiger partial charge in [0.1, 0.15) is 17.0 Å². The first kappa shape index (κ1) is 26.9. The van der Waals surface area contributed by atoms with Crippen molar-refractivity contribution in [3.63, 3.8) is 0 Å². The molecule has 2 amide bonds. The fourth-order valence-corrected chi connectivity index (χ4v) is 3.27. The molecule has 0 aliphatic heterocycles. The van der Waals surface area contributed by atoms with Gasteiger partial charge in [0, 0.05) is 24.0 Å². The molecule has 0 fully saturated rings. The van der Waals surface area contributed by atoms with Gasteiger partial charge in [0.25, 0.3) is 11.8 Å². The van der Waals surface area contributed by atoms with Crippen molar-refractivity contribution >= 4 is 22.7 Å². The predicted octanol–water partition coefficient (Wildman–Crippen LogP) is 3.53. The van der Waals surface area contributed by atoms with Crippen LogP contribution in [0.15, 0.2) is 28.7 Å². The smallest absolute Gasteiger partial charge is 0.433 e. The van der Waals surface area contributed by atoms with Crippen LogP contribution < -0.4 is 21.1 Å². The van der Waals surface area contributed by atoms with E-state index in [0.29, 0.717) is 0 Å². The largest absolute Gasteiger partial charge is 0.494 e. The van der Waals surface area contributed by atoms with Gasteiger partial charge in [0.2, 0.25) is 5.89 Å². The van der Waals surface area contributed by atoms with Crippen LogP contribution >= 0.6 is 0 Å². The monoisotopic (exact) mass is 511 g/mol. The van der Waals surface area contributed by atoms with Crippen molar-refractivity contribution < 1.29 is 36.3 Å². The molecule has 3 rings (SSSR count). The van der Waals surface area contributed by atoms with E-state index in [1.165, 1.54) is 25.3 Å². The van der Waals surface area contributed by atoms with Crippen LogP contribution in [0.1, 0.15) is 48.8 Å². The minimum Gasteiger partial charge on any atom is -0.494 e. The summed E-state index contributed by atoms with van der Waals surface area (Å²) in [5, 5.41) is 5.13. The van der Waals surface area contributed by atoms with E-state index < -0.39 is 35.4 Å². The predicted molar refractivity (Wildman–Crippen MR) is 122 cm³/mol. The van der Waals surface area contributed by atoms with E-state index in [1.54, 1.807) is 6.92 Å². The summed E-state index contributed by atoms with van der Waals surface area (Å²) in [6.07, 6.45) is -4.66. The van der Waals surface area contributed by atoms with E-state index >= 15 is 0 Å². The first-order chi connectivity index (χ1) is 16.7. The van der Waals surface area contributed by atoms with Gasteiger partial charge in [-0.3, -0.25) is 9.59 Å². The second kappa shape index (κ2) is 10.1. The third-order valence-corrected chi connectivity index (χ3v) is 5.08. The van der Waals surface area contributed by atoms with Gasteiger partial charge < -0.3 is 25.5 Å². The van der Waals surface area contributed by atoms with Crippen molar-refractivity contribution in [1.29, 1.82) is 0 Å². The number of hydrogen-bond acceptors (Lipinski definition) is 7. The van der Waals surface area contributed by atoms with Crippen LogP contribution in [0.25, 0.3) is 22.4 Å². The third kappa shape index (κ3) is 5.73. The van der Waals surface area contributed by atoms with Crippen molar-refractivity contribution in [1.82, 2.24) is 20.6 Å². The fourth-order valence-electron chi connectivity index (χ4n) is 3.27. The Bertz CT molecular complexity index is 1280. The fraction of sp³-hybridized carbons (Fsp3) is 0.391.